The molecule has 3 aromatic carbocycles. The van der Waals surface area contributed by atoms with Gasteiger partial charge in [0.25, 0.3) is 10.0 Å². The van der Waals surface area contributed by atoms with Crippen molar-refractivity contribution in [2.75, 3.05) is 17.4 Å². The molecule has 0 saturated heterocycles. The molecule has 0 aliphatic carbocycles. The zero-order valence-corrected chi connectivity index (χ0v) is 24.2. The van der Waals surface area contributed by atoms with Crippen LogP contribution < -0.4 is 9.62 Å². The minimum Gasteiger partial charge on any atom is -0.354 e. The number of sulfonamides is 1. The molecule has 0 heterocycles. The highest BCUT2D eigenvalue weighted by Gasteiger charge is 2.34. The van der Waals surface area contributed by atoms with Crippen molar-refractivity contribution in [1.82, 2.24) is 10.2 Å². The van der Waals surface area contributed by atoms with E-state index < -0.39 is 28.5 Å². The van der Waals surface area contributed by atoms with Gasteiger partial charge >= 0.3 is 0 Å². The fourth-order valence-electron chi connectivity index (χ4n) is 4.34. The number of hydrogen-bond donors (Lipinski definition) is 1. The lowest BCUT2D eigenvalue weighted by atomic mass is 10.1. The van der Waals surface area contributed by atoms with Crippen LogP contribution in [0.1, 0.15) is 43.9 Å². The number of aryl methyl sites for hydroxylation is 2. The van der Waals surface area contributed by atoms with Gasteiger partial charge in [-0.25, -0.2) is 8.42 Å². The summed E-state index contributed by atoms with van der Waals surface area (Å²) in [4.78, 5) is 28.9. The van der Waals surface area contributed by atoms with Crippen molar-refractivity contribution in [1.29, 1.82) is 0 Å². The second-order valence-electron chi connectivity index (χ2n) is 10.2. The number of carbonyl (C=O) groups excluding carboxylic acids is 2. The molecule has 0 saturated carbocycles. The summed E-state index contributed by atoms with van der Waals surface area (Å²) < 4.78 is 29.0. The Labute approximate surface area is 232 Å². The highest BCUT2D eigenvalue weighted by atomic mass is 32.2. The Morgan fingerprint density at radius 1 is 0.897 bits per heavy atom. The van der Waals surface area contributed by atoms with E-state index in [-0.39, 0.29) is 23.3 Å². The van der Waals surface area contributed by atoms with Crippen LogP contribution in [0.15, 0.2) is 83.8 Å². The summed E-state index contributed by atoms with van der Waals surface area (Å²) in [6.07, 6.45) is 0.386. The van der Waals surface area contributed by atoms with Crippen molar-refractivity contribution >= 4 is 27.5 Å². The first-order valence-electron chi connectivity index (χ1n) is 13.3. The SMILES string of the molecule is CC[C@@H](C(=O)NCC(C)C)N(Cc1ccccc1)C(=O)CN(c1cc(C)ccc1C)S(=O)(=O)c1ccccc1. The standard InChI is InChI=1S/C31H39N3O4S/c1-6-28(31(36)32-20-23(2)3)33(21-26-13-9-7-10-14-26)30(35)22-34(29-19-24(4)17-18-25(29)5)39(37,38)27-15-11-8-12-16-27/h7-19,23,28H,6,20-22H2,1-5H3,(H,32,36)/t28-/m0/s1. The van der Waals surface area contributed by atoms with Gasteiger partial charge in [-0.1, -0.05) is 81.4 Å². The van der Waals surface area contributed by atoms with Crippen LogP contribution in [0.4, 0.5) is 5.69 Å². The molecule has 3 aromatic rings. The Bertz CT molecular complexity index is 1360. The van der Waals surface area contributed by atoms with Crippen molar-refractivity contribution in [3.8, 4) is 0 Å². The summed E-state index contributed by atoms with van der Waals surface area (Å²) in [6.45, 7) is 9.79. The lowest BCUT2D eigenvalue weighted by molar-refractivity contribution is -0.140. The first-order valence-corrected chi connectivity index (χ1v) is 14.7. The van der Waals surface area contributed by atoms with Crippen LogP contribution in [0.5, 0.6) is 0 Å². The summed E-state index contributed by atoms with van der Waals surface area (Å²) in [5.41, 5.74) is 2.88. The van der Waals surface area contributed by atoms with E-state index in [9.17, 15) is 18.0 Å². The molecule has 0 aliphatic heterocycles. The molecule has 0 radical (unpaired) electrons. The predicted molar refractivity (Wildman–Crippen MR) is 156 cm³/mol. The minimum atomic E-state index is -4.08. The summed E-state index contributed by atoms with van der Waals surface area (Å²) in [6, 6.07) is 22.3. The third-order valence-corrected chi connectivity index (χ3v) is 8.28. The van der Waals surface area contributed by atoms with Crippen molar-refractivity contribution in [3.63, 3.8) is 0 Å². The van der Waals surface area contributed by atoms with Gasteiger partial charge in [-0.2, -0.15) is 0 Å². The number of anilines is 1. The molecule has 3 rings (SSSR count). The normalized spacial score (nSPS) is 12.2. The second kappa shape index (κ2) is 13.4. The zero-order chi connectivity index (χ0) is 28.6. The first kappa shape index (κ1) is 29.9. The first-order chi connectivity index (χ1) is 18.5. The van der Waals surface area contributed by atoms with E-state index in [0.717, 1.165) is 16.7 Å². The van der Waals surface area contributed by atoms with E-state index in [1.54, 1.807) is 24.3 Å². The van der Waals surface area contributed by atoms with Crippen LogP contribution in [-0.4, -0.2) is 44.3 Å². The second-order valence-corrected chi connectivity index (χ2v) is 12.0. The number of nitrogens with zero attached hydrogens (tertiary/aromatic N) is 2. The maximum absolute atomic E-state index is 14.1. The average molecular weight is 550 g/mol. The Morgan fingerprint density at radius 3 is 2.10 bits per heavy atom. The lowest BCUT2D eigenvalue weighted by Crippen LogP contribution is -2.52. The van der Waals surface area contributed by atoms with E-state index in [0.29, 0.717) is 18.7 Å². The van der Waals surface area contributed by atoms with E-state index in [2.05, 4.69) is 5.32 Å². The molecule has 7 nitrogen and oxygen atoms in total. The Balaban J connectivity index is 2.06. The van der Waals surface area contributed by atoms with Crippen LogP contribution in [0.25, 0.3) is 0 Å². The number of hydrogen-bond acceptors (Lipinski definition) is 4. The van der Waals surface area contributed by atoms with E-state index >= 15 is 0 Å². The molecule has 0 fully saturated rings. The lowest BCUT2D eigenvalue weighted by Gasteiger charge is -2.33. The molecule has 8 heteroatoms. The van der Waals surface area contributed by atoms with Crippen molar-refractivity contribution in [2.45, 2.75) is 58.5 Å². The quantitative estimate of drug-likeness (QED) is 0.341. The molecule has 0 spiro atoms. The van der Waals surface area contributed by atoms with Gasteiger partial charge < -0.3 is 10.2 Å². The van der Waals surface area contributed by atoms with Gasteiger partial charge in [0, 0.05) is 13.1 Å². The Kier molecular flexibility index (Phi) is 10.3. The highest BCUT2D eigenvalue weighted by molar-refractivity contribution is 7.92. The van der Waals surface area contributed by atoms with Gasteiger partial charge in [0.1, 0.15) is 12.6 Å². The summed E-state index contributed by atoms with van der Waals surface area (Å²) in [5.74, 6) is -0.453. The molecule has 2 amide bonds. The molecule has 39 heavy (non-hydrogen) atoms. The van der Waals surface area contributed by atoms with Crippen LogP contribution >= 0.6 is 0 Å². The topological polar surface area (TPSA) is 86.8 Å². The molecule has 1 N–H and O–H groups in total. The van der Waals surface area contributed by atoms with Gasteiger partial charge in [0.2, 0.25) is 11.8 Å². The predicted octanol–water partition coefficient (Wildman–Crippen LogP) is 5.08. The minimum absolute atomic E-state index is 0.0926. The Morgan fingerprint density at radius 2 is 1.51 bits per heavy atom. The number of carbonyl (C=O) groups is 2. The number of benzene rings is 3. The molecule has 0 unspecified atom stereocenters. The Hall–Kier alpha value is -3.65. The molecule has 208 valence electrons. The van der Waals surface area contributed by atoms with Gasteiger partial charge in [-0.15, -0.1) is 0 Å². The third kappa shape index (κ3) is 7.69. The van der Waals surface area contributed by atoms with Crippen LogP contribution in [0.3, 0.4) is 0 Å². The number of amides is 2. The number of nitrogens with one attached hydrogen (secondary N) is 1. The van der Waals surface area contributed by atoms with Crippen LogP contribution in [0.2, 0.25) is 0 Å². The van der Waals surface area contributed by atoms with Gasteiger partial charge in [0.05, 0.1) is 10.6 Å². The van der Waals surface area contributed by atoms with Crippen molar-refractivity contribution in [3.05, 3.63) is 95.6 Å². The average Bonchev–Trinajstić information content (AvgIpc) is 2.92. The van der Waals surface area contributed by atoms with Gasteiger partial charge in [-0.3, -0.25) is 13.9 Å². The molecule has 1 atom stereocenters. The van der Waals surface area contributed by atoms with Crippen molar-refractivity contribution in [2.24, 2.45) is 5.92 Å². The molecule has 0 aromatic heterocycles. The maximum Gasteiger partial charge on any atom is 0.264 e. The smallest absolute Gasteiger partial charge is 0.264 e. The molecular weight excluding hydrogens is 510 g/mol. The zero-order valence-electron chi connectivity index (χ0n) is 23.4. The largest absolute Gasteiger partial charge is 0.354 e. The highest BCUT2D eigenvalue weighted by Crippen LogP contribution is 2.28. The maximum atomic E-state index is 14.1. The third-order valence-electron chi connectivity index (χ3n) is 6.51. The fourth-order valence-corrected chi connectivity index (χ4v) is 5.83. The summed E-state index contributed by atoms with van der Waals surface area (Å²) in [7, 11) is -4.08. The van der Waals surface area contributed by atoms with Crippen LogP contribution in [-0.2, 0) is 26.2 Å². The van der Waals surface area contributed by atoms with Gasteiger partial charge in [-0.05, 0) is 61.1 Å². The molecule has 0 aliphatic rings. The van der Waals surface area contributed by atoms with Crippen molar-refractivity contribution < 1.29 is 18.0 Å². The summed E-state index contributed by atoms with van der Waals surface area (Å²) in [5, 5.41) is 2.95. The van der Waals surface area contributed by atoms with Gasteiger partial charge in [0.15, 0.2) is 0 Å². The van der Waals surface area contributed by atoms with E-state index in [1.807, 2.05) is 77.1 Å². The molecule has 0 bridgehead atoms. The summed E-state index contributed by atoms with van der Waals surface area (Å²) >= 11 is 0. The van der Waals surface area contributed by atoms with Crippen LogP contribution in [0, 0.1) is 19.8 Å². The van der Waals surface area contributed by atoms with E-state index in [1.165, 1.54) is 21.3 Å². The monoisotopic (exact) mass is 549 g/mol. The van der Waals surface area contributed by atoms with E-state index in [4.69, 9.17) is 0 Å². The number of rotatable bonds is 12. The molecular formula is C31H39N3O4S. The fraction of sp³-hybridized carbons (Fsp3) is 0.355.